The van der Waals surface area contributed by atoms with Gasteiger partial charge in [0.25, 0.3) is 0 Å². The number of anilines is 2. The van der Waals surface area contributed by atoms with Crippen LogP contribution in [0.25, 0.3) is 10.9 Å². The zero-order valence-corrected chi connectivity index (χ0v) is 14.1. The molecule has 1 saturated heterocycles. The number of hydrogen-bond donors (Lipinski definition) is 2. The van der Waals surface area contributed by atoms with E-state index in [1.165, 1.54) is 0 Å². The number of nitrogen functional groups attached to an aromatic ring is 1. The molecule has 0 unspecified atom stereocenters. The van der Waals surface area contributed by atoms with E-state index in [9.17, 15) is 0 Å². The first kappa shape index (κ1) is 16.0. The molecule has 1 aromatic heterocycles. The quantitative estimate of drug-likeness (QED) is 0.885. The lowest BCUT2D eigenvalue weighted by Gasteiger charge is -2.34. The van der Waals surface area contributed by atoms with Gasteiger partial charge in [-0.1, -0.05) is 32.0 Å². The van der Waals surface area contributed by atoms with Crippen LogP contribution in [0, 0.1) is 5.41 Å². The van der Waals surface area contributed by atoms with Crippen molar-refractivity contribution in [3.05, 3.63) is 30.5 Å². The lowest BCUT2D eigenvalue weighted by molar-refractivity contribution is -0.162. The third-order valence-electron chi connectivity index (χ3n) is 4.25. The number of benzene rings is 1. The summed E-state index contributed by atoms with van der Waals surface area (Å²) in [4.78, 5) is 4.38. The van der Waals surface area contributed by atoms with Gasteiger partial charge in [-0.3, -0.25) is 4.98 Å². The molecule has 0 saturated carbocycles. The highest BCUT2D eigenvalue weighted by Gasteiger charge is 2.37. The molecule has 0 atom stereocenters. The van der Waals surface area contributed by atoms with Crippen molar-refractivity contribution in [3.63, 3.8) is 0 Å². The highest BCUT2D eigenvalue weighted by Crippen LogP contribution is 2.35. The Morgan fingerprint density at radius 1 is 1.26 bits per heavy atom. The van der Waals surface area contributed by atoms with Gasteiger partial charge in [0.05, 0.1) is 36.3 Å². The van der Waals surface area contributed by atoms with E-state index in [2.05, 4.69) is 24.1 Å². The van der Waals surface area contributed by atoms with Crippen LogP contribution < -0.4 is 11.1 Å². The monoisotopic (exact) mass is 315 g/mol. The number of aromatic nitrogens is 1. The van der Waals surface area contributed by atoms with Crippen molar-refractivity contribution in [2.75, 3.05) is 30.8 Å². The average Bonchev–Trinajstić information content (AvgIpc) is 2.91. The molecule has 5 nitrogen and oxygen atoms in total. The minimum Gasteiger partial charge on any atom is -0.396 e. The van der Waals surface area contributed by atoms with Gasteiger partial charge in [0.15, 0.2) is 5.79 Å². The smallest absolute Gasteiger partial charge is 0.166 e. The van der Waals surface area contributed by atoms with Gasteiger partial charge in [0.2, 0.25) is 0 Å². The Bertz CT molecular complexity index is 694. The summed E-state index contributed by atoms with van der Waals surface area (Å²) in [5, 5.41) is 4.56. The Morgan fingerprint density at radius 3 is 2.70 bits per heavy atom. The maximum atomic E-state index is 6.13. The highest BCUT2D eigenvalue weighted by atomic mass is 16.7. The number of ether oxygens (including phenoxy) is 2. The van der Waals surface area contributed by atoms with Crippen molar-refractivity contribution in [3.8, 4) is 0 Å². The van der Waals surface area contributed by atoms with Gasteiger partial charge in [-0.25, -0.2) is 0 Å². The number of para-hydroxylation sites is 1. The molecule has 0 aliphatic carbocycles. The molecule has 0 spiro atoms. The predicted octanol–water partition coefficient (Wildman–Crippen LogP) is 3.41. The second-order valence-corrected chi connectivity index (χ2v) is 7.13. The molecular formula is C18H25N3O2. The Balaban J connectivity index is 1.76. The molecular weight excluding hydrogens is 290 g/mol. The summed E-state index contributed by atoms with van der Waals surface area (Å²) < 4.78 is 11.5. The standard InChI is InChI=1S/C18H25N3O2/c1-17(2,11-18(3)22-8-9-23-18)12-21-16-13-6-4-5-7-15(13)20-10-14(16)19/h4-7,10H,8-9,11-12,19H2,1-3H3,(H,20,21). The summed E-state index contributed by atoms with van der Waals surface area (Å²) in [6.45, 7) is 8.53. The molecule has 1 fully saturated rings. The third kappa shape index (κ3) is 3.57. The second kappa shape index (κ2) is 5.98. The lowest BCUT2D eigenvalue weighted by atomic mass is 9.85. The fraction of sp³-hybridized carbons (Fsp3) is 0.500. The number of rotatable bonds is 5. The molecule has 0 radical (unpaired) electrons. The molecule has 23 heavy (non-hydrogen) atoms. The number of nitrogens with zero attached hydrogens (tertiary/aromatic N) is 1. The molecule has 3 rings (SSSR count). The van der Waals surface area contributed by atoms with E-state index >= 15 is 0 Å². The van der Waals surface area contributed by atoms with E-state index in [0.29, 0.717) is 18.9 Å². The maximum Gasteiger partial charge on any atom is 0.166 e. The van der Waals surface area contributed by atoms with E-state index in [1.807, 2.05) is 31.2 Å². The molecule has 5 heteroatoms. The summed E-state index contributed by atoms with van der Waals surface area (Å²) in [6, 6.07) is 8.01. The zero-order chi connectivity index (χ0) is 16.5. The van der Waals surface area contributed by atoms with Crippen molar-refractivity contribution in [2.24, 2.45) is 5.41 Å². The summed E-state index contributed by atoms with van der Waals surface area (Å²) in [7, 11) is 0. The van der Waals surface area contributed by atoms with Crippen LogP contribution in [0.15, 0.2) is 30.5 Å². The topological polar surface area (TPSA) is 69.4 Å². The molecule has 3 N–H and O–H groups in total. The fourth-order valence-corrected chi connectivity index (χ4v) is 3.27. The van der Waals surface area contributed by atoms with Gasteiger partial charge >= 0.3 is 0 Å². The van der Waals surface area contributed by atoms with Crippen LogP contribution in [0.1, 0.15) is 27.2 Å². The number of nitrogens with two attached hydrogens (primary N) is 1. The van der Waals surface area contributed by atoms with Crippen LogP contribution in [-0.2, 0) is 9.47 Å². The average molecular weight is 315 g/mol. The van der Waals surface area contributed by atoms with Crippen molar-refractivity contribution >= 4 is 22.3 Å². The number of pyridine rings is 1. The molecule has 1 aliphatic heterocycles. The van der Waals surface area contributed by atoms with Crippen molar-refractivity contribution < 1.29 is 9.47 Å². The number of nitrogens with one attached hydrogen (secondary N) is 1. The van der Waals surface area contributed by atoms with Gasteiger partial charge in [0, 0.05) is 18.4 Å². The maximum absolute atomic E-state index is 6.13. The van der Waals surface area contributed by atoms with E-state index in [4.69, 9.17) is 15.2 Å². The molecule has 0 amide bonds. The normalized spacial score (nSPS) is 17.5. The molecule has 124 valence electrons. The zero-order valence-electron chi connectivity index (χ0n) is 14.1. The Hall–Kier alpha value is -1.85. The fourth-order valence-electron chi connectivity index (χ4n) is 3.27. The van der Waals surface area contributed by atoms with Crippen LogP contribution in [-0.4, -0.2) is 30.5 Å². The minimum atomic E-state index is -0.489. The first-order chi connectivity index (χ1) is 10.9. The van der Waals surface area contributed by atoms with E-state index in [0.717, 1.165) is 29.6 Å². The first-order valence-electron chi connectivity index (χ1n) is 8.04. The molecule has 1 aliphatic rings. The van der Waals surface area contributed by atoms with Crippen molar-refractivity contribution in [2.45, 2.75) is 33.0 Å². The van der Waals surface area contributed by atoms with E-state index in [1.54, 1.807) is 6.20 Å². The van der Waals surface area contributed by atoms with Crippen LogP contribution in [0.4, 0.5) is 11.4 Å². The largest absolute Gasteiger partial charge is 0.396 e. The van der Waals surface area contributed by atoms with Crippen LogP contribution in [0.2, 0.25) is 0 Å². The van der Waals surface area contributed by atoms with Crippen LogP contribution in [0.5, 0.6) is 0 Å². The minimum absolute atomic E-state index is 0.00406. The van der Waals surface area contributed by atoms with Gasteiger partial charge in [0.1, 0.15) is 0 Å². The van der Waals surface area contributed by atoms with Crippen molar-refractivity contribution in [1.29, 1.82) is 0 Å². The summed E-state index contributed by atoms with van der Waals surface area (Å²) in [5.41, 5.74) is 8.68. The van der Waals surface area contributed by atoms with Crippen LogP contribution >= 0.6 is 0 Å². The first-order valence-corrected chi connectivity index (χ1v) is 8.04. The van der Waals surface area contributed by atoms with E-state index in [-0.39, 0.29) is 5.41 Å². The second-order valence-electron chi connectivity index (χ2n) is 7.13. The molecule has 0 bridgehead atoms. The molecule has 2 heterocycles. The Morgan fingerprint density at radius 2 is 1.96 bits per heavy atom. The van der Waals surface area contributed by atoms with Gasteiger partial charge < -0.3 is 20.5 Å². The lowest BCUT2D eigenvalue weighted by Crippen LogP contribution is -2.36. The number of hydrogen-bond acceptors (Lipinski definition) is 5. The summed E-state index contributed by atoms with van der Waals surface area (Å²) >= 11 is 0. The number of fused-ring (bicyclic) bond motifs is 1. The van der Waals surface area contributed by atoms with Crippen LogP contribution in [0.3, 0.4) is 0 Å². The predicted molar refractivity (Wildman–Crippen MR) is 93.4 cm³/mol. The Kier molecular flexibility index (Phi) is 4.17. The third-order valence-corrected chi connectivity index (χ3v) is 4.25. The summed E-state index contributed by atoms with van der Waals surface area (Å²) in [5.74, 6) is -0.489. The summed E-state index contributed by atoms with van der Waals surface area (Å²) in [6.07, 6.45) is 2.53. The van der Waals surface area contributed by atoms with Gasteiger partial charge in [-0.15, -0.1) is 0 Å². The molecule has 1 aromatic carbocycles. The van der Waals surface area contributed by atoms with E-state index < -0.39 is 5.79 Å². The SMILES string of the molecule is CC(C)(CNc1c(N)cnc2ccccc12)CC1(C)OCCO1. The highest BCUT2D eigenvalue weighted by molar-refractivity contribution is 5.96. The molecule has 2 aromatic rings. The van der Waals surface area contributed by atoms with Crippen molar-refractivity contribution in [1.82, 2.24) is 4.98 Å². The van der Waals surface area contributed by atoms with Gasteiger partial charge in [-0.05, 0) is 18.4 Å². The Labute approximate surface area is 137 Å². The van der Waals surface area contributed by atoms with Gasteiger partial charge in [-0.2, -0.15) is 0 Å².